The van der Waals surface area contributed by atoms with Crippen molar-refractivity contribution < 1.29 is 4.74 Å². The zero-order valence-corrected chi connectivity index (χ0v) is 11.2. The Balaban J connectivity index is 1.88. The molecular weight excluding hydrogens is 244 g/mol. The summed E-state index contributed by atoms with van der Waals surface area (Å²) < 4.78 is 6.21. The lowest BCUT2D eigenvalue weighted by molar-refractivity contribution is 0.129. The van der Waals surface area contributed by atoms with Gasteiger partial charge >= 0.3 is 0 Å². The van der Waals surface area contributed by atoms with Crippen LogP contribution in [0.3, 0.4) is 0 Å². The van der Waals surface area contributed by atoms with E-state index >= 15 is 0 Å². The van der Waals surface area contributed by atoms with Crippen molar-refractivity contribution >= 4 is 22.9 Å². The average Bonchev–Trinajstić information content (AvgIpc) is 2.68. The Hall–Kier alpha value is -0.160. The number of thiazole rings is 1. The predicted molar refractivity (Wildman–Crippen MR) is 69.2 cm³/mol. The highest BCUT2D eigenvalue weighted by atomic mass is 35.5. The van der Waals surface area contributed by atoms with Gasteiger partial charge in [0.2, 0.25) is 0 Å². The van der Waals surface area contributed by atoms with Crippen molar-refractivity contribution in [1.29, 1.82) is 0 Å². The summed E-state index contributed by atoms with van der Waals surface area (Å²) in [6.45, 7) is 5.66. The predicted octanol–water partition coefficient (Wildman–Crippen LogP) is 3.09. The second kappa shape index (κ2) is 8.93. The lowest BCUT2D eigenvalue weighted by atomic mass is 10.4. The van der Waals surface area contributed by atoms with Crippen LogP contribution in [0, 0.1) is 0 Å². The molecule has 16 heavy (non-hydrogen) atoms. The zero-order valence-electron chi connectivity index (χ0n) is 9.67. The quantitative estimate of drug-likeness (QED) is 0.695. The molecule has 0 aliphatic heterocycles. The van der Waals surface area contributed by atoms with E-state index < -0.39 is 0 Å². The van der Waals surface area contributed by atoms with Crippen LogP contribution >= 0.6 is 22.9 Å². The van der Waals surface area contributed by atoms with Crippen LogP contribution in [0.4, 0.5) is 0 Å². The number of nitrogens with zero attached hydrogens (tertiary/aromatic N) is 1. The van der Waals surface area contributed by atoms with Crippen molar-refractivity contribution in [3.05, 3.63) is 15.5 Å². The molecule has 0 saturated carbocycles. The maximum atomic E-state index is 5.78. The number of hydrogen-bond acceptors (Lipinski definition) is 4. The number of nitrogens with one attached hydrogen (secondary N) is 1. The highest BCUT2D eigenvalue weighted by Crippen LogP contribution is 2.17. The van der Waals surface area contributed by atoms with Crippen LogP contribution in [0.1, 0.15) is 31.2 Å². The fourth-order valence-corrected chi connectivity index (χ4v) is 2.14. The number of aromatic nitrogens is 1. The van der Waals surface area contributed by atoms with Gasteiger partial charge in [0.1, 0.15) is 9.34 Å². The Morgan fingerprint density at radius 3 is 2.94 bits per heavy atom. The van der Waals surface area contributed by atoms with Crippen LogP contribution in [0.5, 0.6) is 0 Å². The molecule has 3 nitrogen and oxygen atoms in total. The van der Waals surface area contributed by atoms with E-state index in [1.54, 1.807) is 6.20 Å². The fourth-order valence-electron chi connectivity index (χ4n) is 1.21. The third-order valence-corrected chi connectivity index (χ3v) is 3.20. The van der Waals surface area contributed by atoms with Gasteiger partial charge in [0.25, 0.3) is 0 Å². The third-order valence-electron chi connectivity index (χ3n) is 2.09. The summed E-state index contributed by atoms with van der Waals surface area (Å²) >= 11 is 7.30. The van der Waals surface area contributed by atoms with E-state index in [-0.39, 0.29) is 0 Å². The lowest BCUT2D eigenvalue weighted by Gasteiger charge is -2.04. The molecule has 1 N–H and O–H groups in total. The van der Waals surface area contributed by atoms with E-state index in [9.17, 15) is 0 Å². The minimum atomic E-state index is 0.750. The molecule has 1 aromatic rings. The number of unbranched alkanes of at least 4 members (excludes halogenated alkanes) is 1. The molecule has 0 aliphatic carbocycles. The second-order valence-electron chi connectivity index (χ2n) is 3.55. The second-order valence-corrected chi connectivity index (χ2v) is 5.30. The minimum absolute atomic E-state index is 0.750. The molecule has 0 saturated heterocycles. The van der Waals surface area contributed by atoms with Crippen LogP contribution in [-0.2, 0) is 11.3 Å². The van der Waals surface area contributed by atoms with Gasteiger partial charge in [0.15, 0.2) is 0 Å². The van der Waals surface area contributed by atoms with Crippen LogP contribution < -0.4 is 5.32 Å². The summed E-state index contributed by atoms with van der Waals surface area (Å²) in [7, 11) is 0. The Bertz CT molecular complexity index is 281. The Morgan fingerprint density at radius 2 is 2.25 bits per heavy atom. The van der Waals surface area contributed by atoms with Gasteiger partial charge in [-0.05, 0) is 19.4 Å². The van der Waals surface area contributed by atoms with Gasteiger partial charge in [-0.1, -0.05) is 24.9 Å². The van der Waals surface area contributed by atoms with E-state index in [1.165, 1.54) is 17.8 Å². The normalized spacial score (nSPS) is 10.9. The maximum absolute atomic E-state index is 5.78. The molecular formula is C11H19ClN2OS. The standard InChI is InChI=1S/C11H19ClN2OS/c1-2-3-6-15-7-4-5-13-9-11-14-8-10(12)16-11/h8,13H,2-7,9H2,1H3. The minimum Gasteiger partial charge on any atom is -0.381 e. The Morgan fingerprint density at radius 1 is 1.44 bits per heavy atom. The summed E-state index contributed by atoms with van der Waals surface area (Å²) in [5, 5.41) is 4.35. The molecule has 0 amide bonds. The highest BCUT2D eigenvalue weighted by molar-refractivity contribution is 7.15. The molecule has 0 fully saturated rings. The molecule has 1 aromatic heterocycles. The molecule has 1 rings (SSSR count). The SMILES string of the molecule is CCCCOCCCNCc1ncc(Cl)s1. The van der Waals surface area contributed by atoms with Crippen LogP contribution in [-0.4, -0.2) is 24.7 Å². The Labute approximate surface area is 106 Å². The smallest absolute Gasteiger partial charge is 0.113 e. The molecule has 1 heterocycles. The van der Waals surface area contributed by atoms with Gasteiger partial charge in [0, 0.05) is 19.8 Å². The number of ether oxygens (including phenoxy) is 1. The molecule has 0 bridgehead atoms. The largest absolute Gasteiger partial charge is 0.381 e. The highest BCUT2D eigenvalue weighted by Gasteiger charge is 1.98. The molecule has 0 atom stereocenters. The summed E-state index contributed by atoms with van der Waals surface area (Å²) in [5.74, 6) is 0. The van der Waals surface area contributed by atoms with Crippen molar-refractivity contribution in [3.8, 4) is 0 Å². The van der Waals surface area contributed by atoms with Crippen molar-refractivity contribution in [2.75, 3.05) is 19.8 Å². The average molecular weight is 263 g/mol. The van der Waals surface area contributed by atoms with Crippen molar-refractivity contribution in [3.63, 3.8) is 0 Å². The van der Waals surface area contributed by atoms with E-state index in [2.05, 4.69) is 17.2 Å². The first-order valence-corrected chi connectivity index (χ1v) is 6.91. The molecule has 0 unspecified atom stereocenters. The third kappa shape index (κ3) is 6.43. The number of rotatable bonds is 9. The fraction of sp³-hybridized carbons (Fsp3) is 0.727. The van der Waals surface area contributed by atoms with Crippen molar-refractivity contribution in [2.24, 2.45) is 0 Å². The lowest BCUT2D eigenvalue weighted by Crippen LogP contribution is -2.16. The first-order valence-electron chi connectivity index (χ1n) is 5.71. The van der Waals surface area contributed by atoms with E-state index in [0.29, 0.717) is 0 Å². The molecule has 0 aromatic carbocycles. The topological polar surface area (TPSA) is 34.1 Å². The van der Waals surface area contributed by atoms with E-state index in [1.807, 2.05) is 0 Å². The maximum Gasteiger partial charge on any atom is 0.113 e. The van der Waals surface area contributed by atoms with Crippen molar-refractivity contribution in [1.82, 2.24) is 10.3 Å². The van der Waals surface area contributed by atoms with Gasteiger partial charge in [-0.3, -0.25) is 0 Å². The molecule has 5 heteroatoms. The molecule has 92 valence electrons. The van der Waals surface area contributed by atoms with E-state index in [4.69, 9.17) is 16.3 Å². The monoisotopic (exact) mass is 262 g/mol. The van der Waals surface area contributed by atoms with Crippen LogP contribution in [0.25, 0.3) is 0 Å². The summed E-state index contributed by atoms with van der Waals surface area (Å²) in [4.78, 5) is 4.17. The number of halogens is 1. The Kier molecular flexibility index (Phi) is 7.76. The summed E-state index contributed by atoms with van der Waals surface area (Å²) in [5.41, 5.74) is 0. The summed E-state index contributed by atoms with van der Waals surface area (Å²) in [6.07, 6.45) is 5.09. The first kappa shape index (κ1) is 13.9. The zero-order chi connectivity index (χ0) is 11.6. The van der Waals surface area contributed by atoms with Gasteiger partial charge in [-0.2, -0.15) is 0 Å². The van der Waals surface area contributed by atoms with Crippen molar-refractivity contribution in [2.45, 2.75) is 32.7 Å². The molecule has 0 aliphatic rings. The molecule has 0 spiro atoms. The van der Waals surface area contributed by atoms with Gasteiger partial charge in [-0.15, -0.1) is 11.3 Å². The number of hydrogen-bond donors (Lipinski definition) is 1. The van der Waals surface area contributed by atoms with Gasteiger partial charge in [-0.25, -0.2) is 4.98 Å². The van der Waals surface area contributed by atoms with Crippen LogP contribution in [0.2, 0.25) is 4.34 Å². The van der Waals surface area contributed by atoms with Gasteiger partial charge in [0.05, 0.1) is 6.20 Å². The molecule has 0 radical (unpaired) electrons. The van der Waals surface area contributed by atoms with Gasteiger partial charge < -0.3 is 10.1 Å². The first-order chi connectivity index (χ1) is 7.83. The van der Waals surface area contributed by atoms with E-state index in [0.717, 1.165) is 48.5 Å². The van der Waals surface area contributed by atoms with Crippen LogP contribution in [0.15, 0.2) is 6.20 Å². The summed E-state index contributed by atoms with van der Waals surface area (Å²) in [6, 6.07) is 0.